The molecule has 2 aromatic heterocycles. The molecule has 2 heterocycles. The van der Waals surface area contributed by atoms with Crippen molar-refractivity contribution >= 4 is 28.2 Å². The summed E-state index contributed by atoms with van der Waals surface area (Å²) in [5, 5.41) is 8.93. The molecule has 0 saturated heterocycles. The molecule has 7 nitrogen and oxygen atoms in total. The second-order valence-corrected chi connectivity index (χ2v) is 5.76. The molecule has 0 unspecified atom stereocenters. The van der Waals surface area contributed by atoms with Crippen molar-refractivity contribution in [1.82, 2.24) is 14.6 Å². The number of benzene rings is 1. The number of anilines is 1. The van der Waals surface area contributed by atoms with Crippen LogP contribution in [0.5, 0.6) is 11.5 Å². The Hall–Kier alpha value is -2.61. The summed E-state index contributed by atoms with van der Waals surface area (Å²) in [5.74, 6) is 1.34. The second-order valence-electron chi connectivity index (χ2n) is 4.92. The standard InChI is InChI=1S/C15H16N4O3S/c1-9-8-23-15-17-14(18-19(9)15)16-13(20)7-10-4-5-11(21-2)12(6-10)22-3/h4-6,8H,7H2,1-3H3,(H,16,18,20). The molecular formula is C15H16N4O3S. The number of aryl methyl sites for hydroxylation is 1. The van der Waals surface area contributed by atoms with Crippen LogP contribution in [0.15, 0.2) is 23.6 Å². The highest BCUT2D eigenvalue weighted by atomic mass is 32.1. The number of methoxy groups -OCH3 is 2. The van der Waals surface area contributed by atoms with Gasteiger partial charge in [0.15, 0.2) is 11.5 Å². The third-order valence-electron chi connectivity index (χ3n) is 3.31. The van der Waals surface area contributed by atoms with Crippen molar-refractivity contribution in [3.05, 3.63) is 34.8 Å². The molecule has 3 rings (SSSR count). The number of amides is 1. The number of hydrogen-bond acceptors (Lipinski definition) is 6. The third kappa shape index (κ3) is 3.11. The summed E-state index contributed by atoms with van der Waals surface area (Å²) in [4.78, 5) is 17.2. The first-order chi connectivity index (χ1) is 11.1. The lowest BCUT2D eigenvalue weighted by Crippen LogP contribution is -2.15. The highest BCUT2D eigenvalue weighted by molar-refractivity contribution is 7.15. The lowest BCUT2D eigenvalue weighted by molar-refractivity contribution is -0.115. The van der Waals surface area contributed by atoms with E-state index in [9.17, 15) is 4.79 Å². The second kappa shape index (κ2) is 6.25. The zero-order chi connectivity index (χ0) is 16.4. The topological polar surface area (TPSA) is 77.8 Å². The largest absolute Gasteiger partial charge is 0.493 e. The van der Waals surface area contributed by atoms with E-state index >= 15 is 0 Å². The number of ether oxygens (including phenoxy) is 2. The third-order valence-corrected chi connectivity index (χ3v) is 4.24. The van der Waals surface area contributed by atoms with E-state index in [1.54, 1.807) is 30.9 Å². The smallest absolute Gasteiger partial charge is 0.250 e. The van der Waals surface area contributed by atoms with E-state index < -0.39 is 0 Å². The van der Waals surface area contributed by atoms with E-state index in [0.717, 1.165) is 16.2 Å². The van der Waals surface area contributed by atoms with Crippen molar-refractivity contribution in [1.29, 1.82) is 0 Å². The molecule has 3 aromatic rings. The molecule has 1 N–H and O–H groups in total. The highest BCUT2D eigenvalue weighted by Crippen LogP contribution is 2.27. The summed E-state index contributed by atoms with van der Waals surface area (Å²) in [5.41, 5.74) is 1.80. The van der Waals surface area contributed by atoms with Crippen LogP contribution in [-0.4, -0.2) is 34.7 Å². The van der Waals surface area contributed by atoms with Crippen molar-refractivity contribution < 1.29 is 14.3 Å². The molecule has 0 saturated carbocycles. The van der Waals surface area contributed by atoms with Crippen LogP contribution in [0.4, 0.5) is 5.95 Å². The van der Waals surface area contributed by atoms with Crippen LogP contribution in [0, 0.1) is 6.92 Å². The maximum absolute atomic E-state index is 12.2. The Labute approximate surface area is 136 Å². The minimum Gasteiger partial charge on any atom is -0.493 e. The lowest BCUT2D eigenvalue weighted by Gasteiger charge is -2.09. The Morgan fingerprint density at radius 1 is 1.30 bits per heavy atom. The number of aromatic nitrogens is 3. The number of rotatable bonds is 5. The molecule has 1 aromatic carbocycles. The normalized spacial score (nSPS) is 10.7. The maximum atomic E-state index is 12.2. The fourth-order valence-electron chi connectivity index (χ4n) is 2.19. The average molecular weight is 332 g/mol. The number of carbonyl (C=O) groups excluding carboxylic acids is 1. The van der Waals surface area contributed by atoms with Crippen LogP contribution in [-0.2, 0) is 11.2 Å². The number of nitrogens with one attached hydrogen (secondary N) is 1. The van der Waals surface area contributed by atoms with Crippen molar-refractivity contribution in [2.45, 2.75) is 13.3 Å². The molecule has 0 spiro atoms. The van der Waals surface area contributed by atoms with E-state index in [4.69, 9.17) is 9.47 Å². The van der Waals surface area contributed by atoms with Crippen LogP contribution in [0.25, 0.3) is 4.96 Å². The number of thiazole rings is 1. The number of nitrogens with zero attached hydrogens (tertiary/aromatic N) is 3. The summed E-state index contributed by atoms with van der Waals surface area (Å²) in [7, 11) is 3.13. The van der Waals surface area contributed by atoms with Gasteiger partial charge in [0.25, 0.3) is 0 Å². The van der Waals surface area contributed by atoms with Gasteiger partial charge < -0.3 is 9.47 Å². The van der Waals surface area contributed by atoms with Crippen molar-refractivity contribution in [3.63, 3.8) is 0 Å². The van der Waals surface area contributed by atoms with E-state index in [1.165, 1.54) is 11.3 Å². The van der Waals surface area contributed by atoms with E-state index in [1.807, 2.05) is 18.4 Å². The SMILES string of the molecule is COc1ccc(CC(=O)Nc2nc3scc(C)n3n2)cc1OC. The van der Waals surface area contributed by atoms with Crippen molar-refractivity contribution in [2.24, 2.45) is 0 Å². The number of hydrogen-bond donors (Lipinski definition) is 1. The molecule has 0 aliphatic rings. The molecule has 0 aliphatic heterocycles. The summed E-state index contributed by atoms with van der Waals surface area (Å²) < 4.78 is 12.1. The zero-order valence-electron chi connectivity index (χ0n) is 13.0. The van der Waals surface area contributed by atoms with Gasteiger partial charge in [0.1, 0.15) is 0 Å². The summed E-state index contributed by atoms with van der Waals surface area (Å²) in [6.07, 6.45) is 0.201. The molecule has 120 valence electrons. The van der Waals surface area contributed by atoms with Gasteiger partial charge in [-0.15, -0.1) is 16.4 Å². The maximum Gasteiger partial charge on any atom is 0.250 e. The van der Waals surface area contributed by atoms with Gasteiger partial charge in [-0.2, -0.15) is 4.98 Å². The van der Waals surface area contributed by atoms with Gasteiger partial charge in [-0.3, -0.25) is 10.1 Å². The van der Waals surface area contributed by atoms with Gasteiger partial charge in [0.2, 0.25) is 16.8 Å². The fourth-order valence-corrected chi connectivity index (χ4v) is 2.99. The molecule has 23 heavy (non-hydrogen) atoms. The molecule has 8 heteroatoms. The monoisotopic (exact) mass is 332 g/mol. The predicted octanol–water partition coefficient (Wildman–Crippen LogP) is 2.30. The van der Waals surface area contributed by atoms with Crippen LogP contribution >= 0.6 is 11.3 Å². The minimum absolute atomic E-state index is 0.187. The quantitative estimate of drug-likeness (QED) is 0.776. The van der Waals surface area contributed by atoms with Gasteiger partial charge in [0.05, 0.1) is 26.3 Å². The number of fused-ring (bicyclic) bond motifs is 1. The Bertz CT molecular complexity index is 856. The van der Waals surface area contributed by atoms with Crippen LogP contribution in [0.1, 0.15) is 11.3 Å². The van der Waals surface area contributed by atoms with Crippen molar-refractivity contribution in [2.75, 3.05) is 19.5 Å². The summed E-state index contributed by atoms with van der Waals surface area (Å²) in [6.45, 7) is 1.94. The highest BCUT2D eigenvalue weighted by Gasteiger charge is 2.12. The van der Waals surface area contributed by atoms with Crippen LogP contribution < -0.4 is 14.8 Å². The van der Waals surface area contributed by atoms with Gasteiger partial charge in [-0.05, 0) is 24.6 Å². The van der Waals surface area contributed by atoms with Gasteiger partial charge >= 0.3 is 0 Å². The van der Waals surface area contributed by atoms with Crippen LogP contribution in [0.2, 0.25) is 0 Å². The van der Waals surface area contributed by atoms with Gasteiger partial charge in [0, 0.05) is 5.38 Å². The first kappa shape index (κ1) is 15.3. The first-order valence-electron chi connectivity index (χ1n) is 6.92. The molecule has 0 atom stereocenters. The molecule has 0 fully saturated rings. The average Bonchev–Trinajstić information content (AvgIpc) is 3.08. The van der Waals surface area contributed by atoms with Crippen LogP contribution in [0.3, 0.4) is 0 Å². The van der Waals surface area contributed by atoms with E-state index in [-0.39, 0.29) is 12.3 Å². The Morgan fingerprint density at radius 2 is 2.09 bits per heavy atom. The fraction of sp³-hybridized carbons (Fsp3) is 0.267. The Kier molecular flexibility index (Phi) is 4.16. The molecular weight excluding hydrogens is 316 g/mol. The molecule has 0 bridgehead atoms. The first-order valence-corrected chi connectivity index (χ1v) is 7.80. The van der Waals surface area contributed by atoms with Gasteiger partial charge in [-0.25, -0.2) is 4.52 Å². The summed E-state index contributed by atoms with van der Waals surface area (Å²) in [6, 6.07) is 5.38. The lowest BCUT2D eigenvalue weighted by atomic mass is 10.1. The molecule has 0 radical (unpaired) electrons. The Balaban J connectivity index is 1.71. The minimum atomic E-state index is -0.187. The number of carbonyl (C=O) groups is 1. The van der Waals surface area contributed by atoms with E-state index in [2.05, 4.69) is 15.4 Å². The zero-order valence-corrected chi connectivity index (χ0v) is 13.8. The molecule has 1 amide bonds. The Morgan fingerprint density at radius 3 is 2.78 bits per heavy atom. The molecule has 0 aliphatic carbocycles. The van der Waals surface area contributed by atoms with Gasteiger partial charge in [-0.1, -0.05) is 6.07 Å². The van der Waals surface area contributed by atoms with Crippen molar-refractivity contribution in [3.8, 4) is 11.5 Å². The van der Waals surface area contributed by atoms with E-state index in [0.29, 0.717) is 17.4 Å². The predicted molar refractivity (Wildman–Crippen MR) is 87.5 cm³/mol. The summed E-state index contributed by atoms with van der Waals surface area (Å²) >= 11 is 1.48.